The van der Waals surface area contributed by atoms with Crippen LogP contribution in [0.3, 0.4) is 0 Å². The summed E-state index contributed by atoms with van der Waals surface area (Å²) in [6, 6.07) is 11.0. The fourth-order valence-electron chi connectivity index (χ4n) is 3.56. The Kier molecular flexibility index (Phi) is 7.37. The highest BCUT2D eigenvalue weighted by atomic mass is 35.5. The molecule has 0 fully saturated rings. The molecule has 7 nitrogen and oxygen atoms in total. The number of methoxy groups -OCH3 is 1. The number of aromatic nitrogens is 3. The van der Waals surface area contributed by atoms with Gasteiger partial charge in [-0.1, -0.05) is 11.6 Å². The molecule has 4 heterocycles. The van der Waals surface area contributed by atoms with Gasteiger partial charge in [0.25, 0.3) is 11.5 Å². The van der Waals surface area contributed by atoms with Crippen molar-refractivity contribution in [1.82, 2.24) is 14.3 Å². The van der Waals surface area contributed by atoms with Crippen LogP contribution in [0.2, 0.25) is 4.34 Å². The molecule has 178 valence electrons. The quantitative estimate of drug-likeness (QED) is 0.319. The highest BCUT2D eigenvalue weighted by Gasteiger charge is 2.32. The molecular weight excluding hydrogens is 492 g/mol. The molecule has 0 atom stereocenters. The van der Waals surface area contributed by atoms with Gasteiger partial charge in [-0.25, -0.2) is 0 Å². The van der Waals surface area contributed by atoms with Crippen LogP contribution in [0.25, 0.3) is 11.3 Å². The number of pyridine rings is 1. The monoisotopic (exact) mass is 516 g/mol. The average molecular weight is 517 g/mol. The molecule has 0 aliphatic carbocycles. The van der Waals surface area contributed by atoms with E-state index in [1.807, 2.05) is 35.0 Å². The summed E-state index contributed by atoms with van der Waals surface area (Å²) in [5.41, 5.74) is 0.937. The first kappa shape index (κ1) is 24.4. The standard InChI is InChI=1S/C24H25ClN4O3S2/c1-24(2,15-32-3)23(31)29-21(26-12-17-6-7-20(25)34-17)11-19(27-29)18-5-4-9-28(22(18)30)13-16-8-10-33-14-16/h4-11,14,26H,12-13,15H2,1-3H3. The fourth-order valence-corrected chi connectivity index (χ4v) is 5.25. The van der Waals surface area contributed by atoms with Gasteiger partial charge in [-0.2, -0.15) is 21.1 Å². The van der Waals surface area contributed by atoms with Crippen LogP contribution in [0, 0.1) is 5.41 Å². The van der Waals surface area contributed by atoms with Crippen LogP contribution in [-0.2, 0) is 17.8 Å². The van der Waals surface area contributed by atoms with Crippen LogP contribution in [0.4, 0.5) is 5.82 Å². The summed E-state index contributed by atoms with van der Waals surface area (Å²) in [4.78, 5) is 27.6. The Balaban J connectivity index is 1.71. The maximum absolute atomic E-state index is 13.4. The number of carbonyl (C=O) groups is 1. The number of hydrogen-bond donors (Lipinski definition) is 1. The highest BCUT2D eigenvalue weighted by molar-refractivity contribution is 7.16. The number of anilines is 1. The number of rotatable bonds is 9. The van der Waals surface area contributed by atoms with Gasteiger partial charge in [0.05, 0.1) is 35.0 Å². The number of carbonyl (C=O) groups excluding carboxylic acids is 1. The van der Waals surface area contributed by atoms with Crippen molar-refractivity contribution < 1.29 is 9.53 Å². The lowest BCUT2D eigenvalue weighted by molar-refractivity contribution is 0.0529. The SMILES string of the molecule is COCC(C)(C)C(=O)n1nc(-c2cccn(Cc3ccsc3)c2=O)cc1NCc1ccc(Cl)s1. The molecule has 0 unspecified atom stereocenters. The van der Waals surface area contributed by atoms with E-state index < -0.39 is 5.41 Å². The van der Waals surface area contributed by atoms with Crippen molar-refractivity contribution in [2.75, 3.05) is 19.0 Å². The predicted molar refractivity (Wildman–Crippen MR) is 138 cm³/mol. The van der Waals surface area contributed by atoms with Crippen molar-refractivity contribution in [1.29, 1.82) is 0 Å². The Morgan fingerprint density at radius 2 is 2.09 bits per heavy atom. The van der Waals surface area contributed by atoms with Crippen LogP contribution in [-0.4, -0.2) is 34.0 Å². The van der Waals surface area contributed by atoms with E-state index >= 15 is 0 Å². The van der Waals surface area contributed by atoms with Crippen LogP contribution in [0.5, 0.6) is 0 Å². The van der Waals surface area contributed by atoms with Gasteiger partial charge in [-0.3, -0.25) is 9.59 Å². The Morgan fingerprint density at radius 3 is 2.76 bits per heavy atom. The van der Waals surface area contributed by atoms with Crippen molar-refractivity contribution in [2.24, 2.45) is 5.41 Å². The second-order valence-corrected chi connectivity index (χ2v) is 11.1. The minimum atomic E-state index is -0.809. The third kappa shape index (κ3) is 5.33. The third-order valence-electron chi connectivity index (χ3n) is 5.29. The second-order valence-electron chi connectivity index (χ2n) is 8.49. The zero-order valence-electron chi connectivity index (χ0n) is 19.1. The first-order valence-corrected chi connectivity index (χ1v) is 12.7. The zero-order valence-corrected chi connectivity index (χ0v) is 21.5. The van der Waals surface area contributed by atoms with E-state index in [1.54, 1.807) is 55.2 Å². The number of ether oxygens (including phenoxy) is 1. The van der Waals surface area contributed by atoms with Gasteiger partial charge in [0, 0.05) is 24.3 Å². The number of nitrogens with zero attached hydrogens (tertiary/aromatic N) is 3. The van der Waals surface area contributed by atoms with Gasteiger partial charge in [0.15, 0.2) is 0 Å². The minimum Gasteiger partial charge on any atom is -0.384 e. The average Bonchev–Trinajstić information content (AvgIpc) is 3.54. The van der Waals surface area contributed by atoms with Crippen LogP contribution >= 0.6 is 34.3 Å². The van der Waals surface area contributed by atoms with Crippen molar-refractivity contribution in [3.8, 4) is 11.3 Å². The van der Waals surface area contributed by atoms with E-state index in [2.05, 4.69) is 10.4 Å². The fraction of sp³-hybridized carbons (Fsp3) is 0.292. The molecule has 1 N–H and O–H groups in total. The van der Waals surface area contributed by atoms with Crippen LogP contribution in [0.1, 0.15) is 29.1 Å². The smallest absolute Gasteiger partial charge is 0.260 e. The molecule has 0 spiro atoms. The van der Waals surface area contributed by atoms with Crippen molar-refractivity contribution in [2.45, 2.75) is 26.9 Å². The Labute approximate surface area is 210 Å². The molecule has 0 radical (unpaired) electrons. The molecule has 0 aromatic carbocycles. The Hall–Kier alpha value is -2.72. The second kappa shape index (κ2) is 10.3. The summed E-state index contributed by atoms with van der Waals surface area (Å²) >= 11 is 9.10. The molecule has 34 heavy (non-hydrogen) atoms. The van der Waals surface area contributed by atoms with E-state index in [-0.39, 0.29) is 18.1 Å². The molecule has 0 aliphatic rings. The summed E-state index contributed by atoms with van der Waals surface area (Å²) in [5, 5.41) is 11.8. The lowest BCUT2D eigenvalue weighted by Gasteiger charge is -2.22. The maximum Gasteiger partial charge on any atom is 0.260 e. The van der Waals surface area contributed by atoms with Gasteiger partial charge < -0.3 is 14.6 Å². The minimum absolute atomic E-state index is 0.168. The summed E-state index contributed by atoms with van der Waals surface area (Å²) in [5.74, 6) is 0.267. The molecule has 0 bridgehead atoms. The normalized spacial score (nSPS) is 11.6. The molecule has 4 aromatic heterocycles. The van der Waals surface area contributed by atoms with E-state index in [1.165, 1.54) is 16.0 Å². The van der Waals surface area contributed by atoms with E-state index in [0.717, 1.165) is 10.4 Å². The van der Waals surface area contributed by atoms with E-state index in [4.69, 9.17) is 16.3 Å². The highest BCUT2D eigenvalue weighted by Crippen LogP contribution is 2.27. The number of halogens is 1. The van der Waals surface area contributed by atoms with Crippen LogP contribution < -0.4 is 10.9 Å². The summed E-state index contributed by atoms with van der Waals surface area (Å²) in [6.07, 6.45) is 1.76. The van der Waals surface area contributed by atoms with E-state index in [9.17, 15) is 9.59 Å². The van der Waals surface area contributed by atoms with Gasteiger partial charge >= 0.3 is 0 Å². The molecular formula is C24H25ClN4O3S2. The van der Waals surface area contributed by atoms with Crippen molar-refractivity contribution in [3.63, 3.8) is 0 Å². The van der Waals surface area contributed by atoms with Gasteiger partial charge in [0.1, 0.15) is 11.5 Å². The summed E-state index contributed by atoms with van der Waals surface area (Å²) in [6.45, 7) is 4.79. The first-order chi connectivity index (χ1) is 16.3. The molecule has 0 saturated heterocycles. The Morgan fingerprint density at radius 1 is 1.26 bits per heavy atom. The van der Waals surface area contributed by atoms with Crippen molar-refractivity contribution in [3.05, 3.63) is 78.5 Å². The molecule has 0 amide bonds. The number of thiophene rings is 2. The lowest BCUT2D eigenvalue weighted by Crippen LogP contribution is -2.35. The summed E-state index contributed by atoms with van der Waals surface area (Å²) < 4.78 is 8.92. The predicted octanol–water partition coefficient (Wildman–Crippen LogP) is 5.46. The number of hydrogen-bond acceptors (Lipinski definition) is 7. The Bertz CT molecular complexity index is 1340. The maximum atomic E-state index is 13.4. The van der Waals surface area contributed by atoms with Crippen LogP contribution in [0.15, 0.2) is 58.1 Å². The largest absolute Gasteiger partial charge is 0.384 e. The van der Waals surface area contributed by atoms with Crippen molar-refractivity contribution >= 4 is 46.0 Å². The molecule has 0 saturated carbocycles. The zero-order chi connectivity index (χ0) is 24.3. The van der Waals surface area contributed by atoms with E-state index in [0.29, 0.717) is 34.5 Å². The summed E-state index contributed by atoms with van der Waals surface area (Å²) in [7, 11) is 1.56. The van der Waals surface area contributed by atoms with Gasteiger partial charge in [0.2, 0.25) is 0 Å². The van der Waals surface area contributed by atoms with Gasteiger partial charge in [-0.05, 0) is 60.5 Å². The lowest BCUT2D eigenvalue weighted by atomic mass is 9.94. The molecule has 4 aromatic rings. The molecule has 0 aliphatic heterocycles. The molecule has 10 heteroatoms. The van der Waals surface area contributed by atoms with Gasteiger partial charge in [-0.15, -0.1) is 11.3 Å². The number of nitrogens with one attached hydrogen (secondary N) is 1. The molecule has 4 rings (SSSR count). The third-order valence-corrected chi connectivity index (χ3v) is 7.25. The first-order valence-electron chi connectivity index (χ1n) is 10.6. The topological polar surface area (TPSA) is 78.2 Å².